The zero-order valence-corrected chi connectivity index (χ0v) is 14.1. The molecule has 1 aromatic carbocycles. The summed E-state index contributed by atoms with van der Waals surface area (Å²) in [5.41, 5.74) is 1.55. The number of unbranched alkanes of at least 4 members (excludes halogenated alkanes) is 3. The van der Waals surface area contributed by atoms with Crippen molar-refractivity contribution in [2.45, 2.75) is 41.7 Å². The molecule has 0 radical (unpaired) electrons. The van der Waals surface area contributed by atoms with Gasteiger partial charge in [0.25, 0.3) is 0 Å². The first kappa shape index (κ1) is 19.1. The predicted molar refractivity (Wildman–Crippen MR) is 83.2 cm³/mol. The Bertz CT molecular complexity index is 229. The van der Waals surface area contributed by atoms with Crippen LogP contribution in [0.25, 0.3) is 0 Å². The molecular formula is C13H24ClMgP. The van der Waals surface area contributed by atoms with Crippen LogP contribution in [-0.4, -0.2) is 20.4 Å². The van der Waals surface area contributed by atoms with Gasteiger partial charge in [0, 0.05) is 0 Å². The van der Waals surface area contributed by atoms with Crippen LogP contribution >= 0.6 is 22.3 Å². The molecule has 1 atom stereocenters. The minimum atomic E-state index is 0. The second kappa shape index (κ2) is 13.8. The third kappa shape index (κ3) is 9.90. The third-order valence-corrected chi connectivity index (χ3v) is 4.59. The molecule has 1 unspecified atom stereocenters. The smallest absolute Gasteiger partial charge is 0.153 e. The molecule has 0 heterocycles. The minimum absolute atomic E-state index is 0. The van der Waals surface area contributed by atoms with Crippen LogP contribution in [0.3, 0.4) is 0 Å². The second-order valence-corrected chi connectivity index (χ2v) is 5.92. The van der Waals surface area contributed by atoms with Crippen LogP contribution < -0.4 is 0 Å². The van der Waals surface area contributed by atoms with E-state index in [2.05, 4.69) is 37.3 Å². The summed E-state index contributed by atoms with van der Waals surface area (Å²) in [6.07, 6.45) is 5.73. The summed E-state index contributed by atoms with van der Waals surface area (Å²) in [5, 5.41) is 0. The largest absolute Gasteiger partial charge is 0.370 e. The Morgan fingerprint density at radius 2 is 1.69 bits per heavy atom. The van der Waals surface area contributed by atoms with E-state index in [1.807, 2.05) is 0 Å². The van der Waals surface area contributed by atoms with Crippen molar-refractivity contribution >= 4 is 42.7 Å². The molecular weight excluding hydrogens is 247 g/mol. The van der Waals surface area contributed by atoms with Gasteiger partial charge in [0.1, 0.15) is 0 Å². The second-order valence-electron chi connectivity index (χ2n) is 4.00. The molecule has 0 aliphatic heterocycles. The molecule has 0 saturated heterocycles. The standard InChI is InChI=1S/C7H7.C6H13.ClH.Mg.H3P/c1-7-5-3-2-4-6-7;1-3-5-6-4-2;;;/h2-6H,1H2;1,3-6H2,2H3;1H;;1H3. The van der Waals surface area contributed by atoms with Crippen molar-refractivity contribution in [1.29, 1.82) is 0 Å². The van der Waals surface area contributed by atoms with Crippen molar-refractivity contribution in [1.82, 2.24) is 0 Å². The van der Waals surface area contributed by atoms with Crippen LogP contribution in [0.15, 0.2) is 30.3 Å². The van der Waals surface area contributed by atoms with Gasteiger partial charge in [0.15, 0.2) is 0 Å². The number of hydrogen-bond acceptors (Lipinski definition) is 0. The third-order valence-electron chi connectivity index (χ3n) is 2.66. The molecule has 0 aromatic heterocycles. The SMILES string of the molecule is CCCCC[CH2][Mg][CH2]c1ccccc1.Cl.P. The van der Waals surface area contributed by atoms with Gasteiger partial charge in [0.05, 0.1) is 0 Å². The predicted octanol–water partition coefficient (Wildman–Crippen LogP) is 4.37. The van der Waals surface area contributed by atoms with Crippen molar-refractivity contribution in [3.8, 4) is 0 Å². The Morgan fingerprint density at radius 3 is 2.31 bits per heavy atom. The minimum Gasteiger partial charge on any atom is -0.153 e. The lowest BCUT2D eigenvalue weighted by Gasteiger charge is -1.99. The Morgan fingerprint density at radius 1 is 1.00 bits per heavy atom. The molecule has 0 bridgehead atoms. The first-order chi connectivity index (χ1) is 6.93. The van der Waals surface area contributed by atoms with Crippen molar-refractivity contribution in [3.63, 3.8) is 0 Å². The number of halogens is 1. The van der Waals surface area contributed by atoms with E-state index in [-0.39, 0.29) is 42.7 Å². The summed E-state index contributed by atoms with van der Waals surface area (Å²) >= 11 is 0.185. The number of hydrogen-bond donors (Lipinski definition) is 0. The van der Waals surface area contributed by atoms with E-state index < -0.39 is 0 Å². The highest BCUT2D eigenvalue weighted by molar-refractivity contribution is 6.92. The van der Waals surface area contributed by atoms with Crippen LogP contribution in [-0.2, 0) is 4.55 Å². The highest BCUT2D eigenvalue weighted by Gasteiger charge is 1.97. The molecule has 3 heteroatoms. The van der Waals surface area contributed by atoms with Gasteiger partial charge in [-0.15, -0.1) is 21.5 Å². The lowest BCUT2D eigenvalue weighted by atomic mass is 10.2. The molecule has 0 aliphatic carbocycles. The molecule has 1 aromatic rings. The van der Waals surface area contributed by atoms with E-state index >= 15 is 0 Å². The Balaban J connectivity index is 0. The van der Waals surface area contributed by atoms with Gasteiger partial charge in [-0.3, -0.25) is 0 Å². The van der Waals surface area contributed by atoms with Crippen molar-refractivity contribution in [3.05, 3.63) is 35.9 Å². The van der Waals surface area contributed by atoms with Crippen LogP contribution in [0.1, 0.15) is 38.2 Å². The zero-order chi connectivity index (χ0) is 10.1. The Hall–Kier alpha value is 0.706. The summed E-state index contributed by atoms with van der Waals surface area (Å²) in [7, 11) is 0. The Labute approximate surface area is 120 Å². The van der Waals surface area contributed by atoms with E-state index in [0.29, 0.717) is 0 Å². The van der Waals surface area contributed by atoms with E-state index in [1.54, 1.807) is 5.56 Å². The van der Waals surface area contributed by atoms with Gasteiger partial charge in [-0.25, -0.2) is 0 Å². The fraction of sp³-hybridized carbons (Fsp3) is 0.538. The zero-order valence-electron chi connectivity index (χ0n) is 10.5. The van der Waals surface area contributed by atoms with Gasteiger partial charge < -0.3 is 0 Å². The van der Waals surface area contributed by atoms with Crippen LogP contribution in [0.5, 0.6) is 0 Å². The van der Waals surface area contributed by atoms with E-state index in [4.69, 9.17) is 0 Å². The summed E-state index contributed by atoms with van der Waals surface area (Å²) in [5.74, 6) is 0. The summed E-state index contributed by atoms with van der Waals surface area (Å²) in [6, 6.07) is 10.9. The van der Waals surface area contributed by atoms with E-state index in [0.717, 1.165) is 0 Å². The molecule has 0 amide bonds. The van der Waals surface area contributed by atoms with E-state index in [1.165, 1.54) is 34.8 Å². The highest BCUT2D eigenvalue weighted by atomic mass is 35.5. The average molecular weight is 271 g/mol. The quantitative estimate of drug-likeness (QED) is 0.392. The summed E-state index contributed by atoms with van der Waals surface area (Å²) < 4.78 is 2.93. The lowest BCUT2D eigenvalue weighted by Crippen LogP contribution is -1.95. The molecule has 16 heavy (non-hydrogen) atoms. The average Bonchev–Trinajstić information content (AvgIpc) is 2.25. The van der Waals surface area contributed by atoms with Crippen LogP contribution in [0.4, 0.5) is 0 Å². The number of rotatable bonds is 7. The van der Waals surface area contributed by atoms with Gasteiger partial charge in [-0.05, 0) is 0 Å². The van der Waals surface area contributed by atoms with E-state index in [9.17, 15) is 0 Å². The summed E-state index contributed by atoms with van der Waals surface area (Å²) in [6.45, 7) is 2.28. The first-order valence-corrected chi connectivity index (χ1v) is 7.97. The van der Waals surface area contributed by atoms with Crippen molar-refractivity contribution < 1.29 is 0 Å². The molecule has 0 N–H and O–H groups in total. The lowest BCUT2D eigenvalue weighted by molar-refractivity contribution is 0.700. The van der Waals surface area contributed by atoms with Crippen LogP contribution in [0.2, 0.25) is 4.55 Å². The van der Waals surface area contributed by atoms with Gasteiger partial charge in [-0.2, -0.15) is 9.90 Å². The molecule has 0 aliphatic rings. The molecule has 0 saturated carbocycles. The molecule has 0 spiro atoms. The normalized spacial score (nSPS) is 8.56. The summed E-state index contributed by atoms with van der Waals surface area (Å²) in [4.78, 5) is 0. The fourth-order valence-electron chi connectivity index (χ4n) is 1.75. The van der Waals surface area contributed by atoms with Gasteiger partial charge in [-0.1, -0.05) is 68.5 Å². The van der Waals surface area contributed by atoms with Crippen molar-refractivity contribution in [2.24, 2.45) is 0 Å². The number of benzene rings is 1. The van der Waals surface area contributed by atoms with Crippen molar-refractivity contribution in [2.75, 3.05) is 0 Å². The fourth-order valence-corrected chi connectivity index (χ4v) is 3.45. The van der Waals surface area contributed by atoms with Crippen LogP contribution in [0, 0.1) is 0 Å². The maximum absolute atomic E-state index is 2.28. The maximum Gasteiger partial charge on any atom is 0.370 e. The Kier molecular flexibility index (Phi) is 16.4. The highest BCUT2D eigenvalue weighted by Crippen LogP contribution is 2.05. The van der Waals surface area contributed by atoms with Gasteiger partial charge in [0.2, 0.25) is 0 Å². The maximum atomic E-state index is 2.28. The monoisotopic (exact) mass is 270 g/mol. The van der Waals surface area contributed by atoms with Gasteiger partial charge >= 0.3 is 20.4 Å². The molecule has 0 nitrogen and oxygen atoms in total. The molecule has 0 fully saturated rings. The molecule has 1 rings (SSSR count). The topological polar surface area (TPSA) is 0 Å². The first-order valence-electron chi connectivity index (χ1n) is 5.97. The molecule has 90 valence electrons.